The highest BCUT2D eigenvalue weighted by atomic mass is 79.9. The molecule has 142 valence electrons. The van der Waals surface area contributed by atoms with Gasteiger partial charge >= 0.3 is 0 Å². The second-order valence-electron chi connectivity index (χ2n) is 6.26. The third-order valence-corrected chi connectivity index (χ3v) is 6.30. The average molecular weight is 452 g/mol. The van der Waals surface area contributed by atoms with Crippen LogP contribution in [0, 0.1) is 0 Å². The normalized spacial score (nSPS) is 17.3. The molecule has 2 heterocycles. The number of aromatic nitrogens is 2. The molecule has 0 saturated carbocycles. The fourth-order valence-corrected chi connectivity index (χ4v) is 4.87. The van der Waals surface area contributed by atoms with Gasteiger partial charge in [-0.25, -0.2) is 13.4 Å². The number of nitrogens with one attached hydrogen (secondary N) is 2. The fourth-order valence-electron chi connectivity index (χ4n) is 3.11. The number of sulfonamides is 1. The van der Waals surface area contributed by atoms with Gasteiger partial charge in [0, 0.05) is 11.1 Å². The Balaban J connectivity index is 1.65. The molecule has 1 saturated heterocycles. The highest BCUT2D eigenvalue weighted by Gasteiger charge is 2.22. The maximum absolute atomic E-state index is 12.8. The number of fused-ring (bicyclic) bond motifs is 1. The predicted octanol–water partition coefficient (Wildman–Crippen LogP) is 3.99. The number of aromatic amines is 1. The quantitative estimate of drug-likeness (QED) is 0.611. The van der Waals surface area contributed by atoms with Gasteiger partial charge < -0.3 is 14.5 Å². The van der Waals surface area contributed by atoms with Crippen LogP contribution in [-0.4, -0.2) is 32.1 Å². The first-order valence-corrected chi connectivity index (χ1v) is 10.7. The molecule has 1 aromatic heterocycles. The number of methoxy groups -OCH3 is 1. The van der Waals surface area contributed by atoms with Gasteiger partial charge in [-0.15, -0.1) is 0 Å². The van der Waals surface area contributed by atoms with E-state index in [9.17, 15) is 8.42 Å². The second kappa shape index (κ2) is 7.14. The van der Waals surface area contributed by atoms with E-state index in [0.717, 1.165) is 36.3 Å². The van der Waals surface area contributed by atoms with Crippen molar-refractivity contribution in [2.75, 3.05) is 18.4 Å². The second-order valence-corrected chi connectivity index (χ2v) is 8.82. The molecule has 3 aromatic rings. The fraction of sp³-hybridized carbons (Fsp3) is 0.278. The number of benzene rings is 2. The van der Waals surface area contributed by atoms with Gasteiger partial charge in [-0.2, -0.15) is 0 Å². The molecule has 2 N–H and O–H groups in total. The molecule has 1 fully saturated rings. The van der Waals surface area contributed by atoms with Crippen LogP contribution in [0.15, 0.2) is 45.8 Å². The van der Waals surface area contributed by atoms with Crippen molar-refractivity contribution in [1.29, 1.82) is 0 Å². The predicted molar refractivity (Wildman–Crippen MR) is 106 cm³/mol. The molecule has 0 spiro atoms. The first-order chi connectivity index (χ1) is 13.0. The van der Waals surface area contributed by atoms with Crippen molar-refractivity contribution in [2.45, 2.75) is 23.8 Å². The van der Waals surface area contributed by atoms with Crippen molar-refractivity contribution in [3.63, 3.8) is 0 Å². The molecule has 1 aliphatic rings. The van der Waals surface area contributed by atoms with Crippen LogP contribution in [0.4, 0.5) is 5.69 Å². The van der Waals surface area contributed by atoms with Crippen LogP contribution < -0.4 is 9.46 Å². The van der Waals surface area contributed by atoms with Gasteiger partial charge in [0.25, 0.3) is 10.0 Å². The number of rotatable bonds is 5. The number of anilines is 1. The molecule has 2 aromatic carbocycles. The van der Waals surface area contributed by atoms with Crippen molar-refractivity contribution in [3.05, 3.63) is 46.7 Å². The zero-order valence-electron chi connectivity index (χ0n) is 14.5. The van der Waals surface area contributed by atoms with Crippen molar-refractivity contribution in [3.8, 4) is 5.75 Å². The molecule has 0 amide bonds. The largest absolute Gasteiger partial charge is 0.495 e. The minimum atomic E-state index is -3.82. The van der Waals surface area contributed by atoms with E-state index in [2.05, 4.69) is 30.6 Å². The summed E-state index contributed by atoms with van der Waals surface area (Å²) in [6, 6.07) is 10.0. The summed E-state index contributed by atoms with van der Waals surface area (Å²) < 4.78 is 39.7. The van der Waals surface area contributed by atoms with Crippen molar-refractivity contribution >= 4 is 42.7 Å². The number of imidazole rings is 1. The Morgan fingerprint density at radius 3 is 2.89 bits per heavy atom. The van der Waals surface area contributed by atoms with Crippen LogP contribution in [0.25, 0.3) is 11.0 Å². The van der Waals surface area contributed by atoms with Crippen LogP contribution in [0.5, 0.6) is 5.75 Å². The lowest BCUT2D eigenvalue weighted by Gasteiger charge is -2.12. The minimum absolute atomic E-state index is 0.0246. The summed E-state index contributed by atoms with van der Waals surface area (Å²) in [5.74, 6) is 1.05. The number of ether oxygens (including phenoxy) is 2. The van der Waals surface area contributed by atoms with E-state index in [-0.39, 0.29) is 16.7 Å². The Labute approximate surface area is 165 Å². The summed E-state index contributed by atoms with van der Waals surface area (Å²) in [5, 5.41) is 0. The third kappa shape index (κ3) is 3.67. The monoisotopic (exact) mass is 451 g/mol. The first kappa shape index (κ1) is 18.3. The molecule has 4 rings (SSSR count). The Hall–Kier alpha value is -2.10. The number of H-pyrrole nitrogens is 1. The molecular weight excluding hydrogens is 434 g/mol. The van der Waals surface area contributed by atoms with Crippen LogP contribution in [0.3, 0.4) is 0 Å². The van der Waals surface area contributed by atoms with E-state index in [1.807, 2.05) is 0 Å². The number of hydrogen-bond donors (Lipinski definition) is 2. The van der Waals surface area contributed by atoms with E-state index in [4.69, 9.17) is 9.47 Å². The summed E-state index contributed by atoms with van der Waals surface area (Å²) in [4.78, 5) is 7.84. The average Bonchev–Trinajstić information content (AvgIpc) is 3.30. The lowest BCUT2D eigenvalue weighted by atomic mass is 10.2. The van der Waals surface area contributed by atoms with Crippen molar-refractivity contribution < 1.29 is 17.9 Å². The van der Waals surface area contributed by atoms with Crippen LogP contribution in [-0.2, 0) is 14.8 Å². The number of halogens is 1. The smallest absolute Gasteiger partial charge is 0.265 e. The Morgan fingerprint density at radius 2 is 2.15 bits per heavy atom. The highest BCUT2D eigenvalue weighted by Crippen LogP contribution is 2.31. The summed E-state index contributed by atoms with van der Waals surface area (Å²) in [5.41, 5.74) is 1.96. The number of hydrogen-bond acceptors (Lipinski definition) is 5. The summed E-state index contributed by atoms with van der Waals surface area (Å²) >= 11 is 3.30. The Bertz CT molecular complexity index is 1090. The molecule has 27 heavy (non-hydrogen) atoms. The molecule has 7 nitrogen and oxygen atoms in total. The van der Waals surface area contributed by atoms with E-state index in [1.54, 1.807) is 30.3 Å². The van der Waals surface area contributed by atoms with Crippen molar-refractivity contribution in [1.82, 2.24) is 9.97 Å². The number of nitrogens with zero attached hydrogens (tertiary/aromatic N) is 1. The Morgan fingerprint density at radius 1 is 1.30 bits per heavy atom. The first-order valence-electron chi connectivity index (χ1n) is 8.44. The standard InChI is InChI=1S/C18H18BrN3O4S/c1-25-15-7-4-11(19)9-17(15)27(23,24)22-12-5-6-13-14(10-12)21-18(20-13)16-3-2-8-26-16/h4-7,9-10,16,22H,2-3,8H2,1H3,(H,20,21)/t16-/m1/s1. The molecule has 0 bridgehead atoms. The summed E-state index contributed by atoms with van der Waals surface area (Å²) in [6.07, 6.45) is 1.92. The summed E-state index contributed by atoms with van der Waals surface area (Å²) in [7, 11) is -2.38. The van der Waals surface area contributed by atoms with E-state index >= 15 is 0 Å². The lowest BCUT2D eigenvalue weighted by molar-refractivity contribution is 0.106. The van der Waals surface area contributed by atoms with Gasteiger partial charge in [-0.3, -0.25) is 4.72 Å². The van der Waals surface area contributed by atoms with E-state index < -0.39 is 10.0 Å². The maximum Gasteiger partial charge on any atom is 0.265 e. The minimum Gasteiger partial charge on any atom is -0.495 e. The lowest BCUT2D eigenvalue weighted by Crippen LogP contribution is -2.14. The van der Waals surface area contributed by atoms with Gasteiger partial charge in [0.2, 0.25) is 0 Å². The Kier molecular flexibility index (Phi) is 4.83. The van der Waals surface area contributed by atoms with E-state index in [1.165, 1.54) is 13.2 Å². The molecule has 0 radical (unpaired) electrons. The molecule has 1 aliphatic heterocycles. The van der Waals surface area contributed by atoms with Gasteiger partial charge in [0.15, 0.2) is 0 Å². The van der Waals surface area contributed by atoms with Crippen LogP contribution in [0.2, 0.25) is 0 Å². The third-order valence-electron chi connectivity index (χ3n) is 4.40. The van der Waals surface area contributed by atoms with Gasteiger partial charge in [-0.1, -0.05) is 15.9 Å². The molecule has 0 unspecified atom stereocenters. The molecular formula is C18H18BrN3O4S. The summed E-state index contributed by atoms with van der Waals surface area (Å²) in [6.45, 7) is 0.737. The highest BCUT2D eigenvalue weighted by molar-refractivity contribution is 9.10. The SMILES string of the molecule is COc1ccc(Br)cc1S(=O)(=O)Nc1ccc2nc([C@H]3CCCO3)[nH]c2c1. The van der Waals surface area contributed by atoms with Crippen molar-refractivity contribution in [2.24, 2.45) is 0 Å². The van der Waals surface area contributed by atoms with Gasteiger partial charge in [0.05, 0.1) is 23.8 Å². The van der Waals surface area contributed by atoms with Gasteiger partial charge in [-0.05, 0) is 49.2 Å². The molecule has 9 heteroatoms. The molecule has 1 atom stereocenters. The van der Waals surface area contributed by atoms with Crippen LogP contribution in [0.1, 0.15) is 24.8 Å². The zero-order valence-corrected chi connectivity index (χ0v) is 16.9. The topological polar surface area (TPSA) is 93.3 Å². The van der Waals surface area contributed by atoms with Gasteiger partial charge in [0.1, 0.15) is 22.6 Å². The molecule has 0 aliphatic carbocycles. The maximum atomic E-state index is 12.8. The van der Waals surface area contributed by atoms with Crippen LogP contribution >= 0.6 is 15.9 Å². The van der Waals surface area contributed by atoms with E-state index in [0.29, 0.717) is 10.2 Å². The zero-order chi connectivity index (χ0) is 19.0.